The predicted octanol–water partition coefficient (Wildman–Crippen LogP) is 2.92. The summed E-state index contributed by atoms with van der Waals surface area (Å²) in [6, 6.07) is 4.79. The Morgan fingerprint density at radius 1 is 1.40 bits per heavy atom. The Hall–Kier alpha value is -0.610. The standard InChI is InChI=1S/C11H15BrFNO/c1-14(2)6-3-7-15-9-4-5-10(12)11(13)8-9/h4-5,8H,3,6-7H2,1-2H3. The van der Waals surface area contributed by atoms with Gasteiger partial charge in [-0.15, -0.1) is 0 Å². The molecule has 0 spiro atoms. The van der Waals surface area contributed by atoms with Crippen LogP contribution in [0.5, 0.6) is 5.75 Å². The minimum absolute atomic E-state index is 0.292. The highest BCUT2D eigenvalue weighted by Crippen LogP contribution is 2.20. The second-order valence-electron chi connectivity index (χ2n) is 3.58. The zero-order valence-corrected chi connectivity index (χ0v) is 10.6. The number of hydrogen-bond acceptors (Lipinski definition) is 2. The molecule has 1 aromatic rings. The van der Waals surface area contributed by atoms with E-state index in [1.165, 1.54) is 6.07 Å². The zero-order valence-electron chi connectivity index (χ0n) is 8.96. The van der Waals surface area contributed by atoms with Crippen LogP contribution in [0.2, 0.25) is 0 Å². The highest BCUT2D eigenvalue weighted by atomic mass is 79.9. The third-order valence-electron chi connectivity index (χ3n) is 1.91. The summed E-state index contributed by atoms with van der Waals surface area (Å²) in [5.41, 5.74) is 0. The number of hydrogen-bond donors (Lipinski definition) is 0. The normalized spacial score (nSPS) is 10.7. The largest absolute Gasteiger partial charge is 0.493 e. The lowest BCUT2D eigenvalue weighted by Gasteiger charge is -2.10. The maximum absolute atomic E-state index is 13.1. The monoisotopic (exact) mass is 275 g/mol. The Morgan fingerprint density at radius 3 is 2.73 bits per heavy atom. The average Bonchev–Trinajstić information content (AvgIpc) is 2.18. The van der Waals surface area contributed by atoms with E-state index in [9.17, 15) is 4.39 Å². The van der Waals surface area contributed by atoms with Gasteiger partial charge in [0.2, 0.25) is 0 Å². The number of rotatable bonds is 5. The van der Waals surface area contributed by atoms with E-state index in [1.54, 1.807) is 12.1 Å². The van der Waals surface area contributed by atoms with Crippen molar-refractivity contribution in [3.8, 4) is 5.75 Å². The van der Waals surface area contributed by atoms with Gasteiger partial charge in [0, 0.05) is 12.6 Å². The first kappa shape index (κ1) is 12.5. The molecule has 0 aliphatic heterocycles. The van der Waals surface area contributed by atoms with E-state index in [0.29, 0.717) is 16.8 Å². The Morgan fingerprint density at radius 2 is 2.13 bits per heavy atom. The molecule has 0 atom stereocenters. The minimum Gasteiger partial charge on any atom is -0.493 e. The molecule has 0 saturated heterocycles. The first-order valence-corrected chi connectivity index (χ1v) is 5.61. The summed E-state index contributed by atoms with van der Waals surface area (Å²) >= 11 is 3.09. The van der Waals surface area contributed by atoms with Crippen LogP contribution in [0, 0.1) is 5.82 Å². The first-order valence-electron chi connectivity index (χ1n) is 4.82. The van der Waals surface area contributed by atoms with Gasteiger partial charge in [0.25, 0.3) is 0 Å². The molecule has 0 bridgehead atoms. The van der Waals surface area contributed by atoms with Crippen LogP contribution in [0.25, 0.3) is 0 Å². The van der Waals surface area contributed by atoms with Crippen molar-refractivity contribution < 1.29 is 9.13 Å². The van der Waals surface area contributed by atoms with E-state index in [4.69, 9.17) is 4.74 Å². The fourth-order valence-corrected chi connectivity index (χ4v) is 1.38. The molecule has 1 rings (SSSR count). The quantitative estimate of drug-likeness (QED) is 0.767. The molecule has 15 heavy (non-hydrogen) atoms. The van der Waals surface area contributed by atoms with Crippen molar-refractivity contribution in [3.63, 3.8) is 0 Å². The number of benzene rings is 1. The SMILES string of the molecule is CN(C)CCCOc1ccc(Br)c(F)c1. The molecule has 0 aliphatic rings. The maximum atomic E-state index is 13.1. The Balaban J connectivity index is 2.35. The molecule has 0 fully saturated rings. The van der Waals surface area contributed by atoms with E-state index in [1.807, 2.05) is 14.1 Å². The fourth-order valence-electron chi connectivity index (χ4n) is 1.14. The molecular weight excluding hydrogens is 261 g/mol. The van der Waals surface area contributed by atoms with Crippen molar-refractivity contribution in [1.82, 2.24) is 4.90 Å². The number of ether oxygens (including phenoxy) is 1. The van der Waals surface area contributed by atoms with Crippen molar-refractivity contribution in [1.29, 1.82) is 0 Å². The van der Waals surface area contributed by atoms with E-state index in [-0.39, 0.29) is 5.82 Å². The molecule has 1 aromatic carbocycles. The summed E-state index contributed by atoms with van der Waals surface area (Å²) < 4.78 is 18.9. The summed E-state index contributed by atoms with van der Waals surface area (Å²) in [5, 5.41) is 0. The van der Waals surface area contributed by atoms with Gasteiger partial charge in [0.05, 0.1) is 11.1 Å². The van der Waals surface area contributed by atoms with Crippen molar-refractivity contribution in [2.75, 3.05) is 27.2 Å². The van der Waals surface area contributed by atoms with Crippen molar-refractivity contribution in [2.24, 2.45) is 0 Å². The topological polar surface area (TPSA) is 12.5 Å². The zero-order chi connectivity index (χ0) is 11.3. The minimum atomic E-state index is -0.292. The van der Waals surface area contributed by atoms with Crippen LogP contribution in [0.3, 0.4) is 0 Å². The van der Waals surface area contributed by atoms with E-state index in [0.717, 1.165) is 13.0 Å². The van der Waals surface area contributed by atoms with Crippen LogP contribution in [-0.2, 0) is 0 Å². The molecule has 0 N–H and O–H groups in total. The van der Waals surface area contributed by atoms with E-state index in [2.05, 4.69) is 20.8 Å². The Kier molecular flexibility index (Phi) is 5.05. The molecule has 4 heteroatoms. The Labute approximate surface area is 98.2 Å². The molecular formula is C11H15BrFNO. The van der Waals surface area contributed by atoms with Gasteiger partial charge < -0.3 is 9.64 Å². The molecule has 0 aliphatic carbocycles. The molecule has 2 nitrogen and oxygen atoms in total. The second-order valence-corrected chi connectivity index (χ2v) is 4.44. The summed E-state index contributed by atoms with van der Waals surface area (Å²) in [4.78, 5) is 2.09. The van der Waals surface area contributed by atoms with Crippen LogP contribution < -0.4 is 4.74 Å². The van der Waals surface area contributed by atoms with Crippen molar-refractivity contribution >= 4 is 15.9 Å². The van der Waals surface area contributed by atoms with Gasteiger partial charge in [-0.25, -0.2) is 4.39 Å². The molecule has 0 unspecified atom stereocenters. The van der Waals surface area contributed by atoms with Crippen LogP contribution >= 0.6 is 15.9 Å². The summed E-state index contributed by atoms with van der Waals surface area (Å²) in [5.74, 6) is 0.287. The van der Waals surface area contributed by atoms with Gasteiger partial charge in [-0.2, -0.15) is 0 Å². The lowest BCUT2D eigenvalue weighted by Crippen LogP contribution is -2.15. The third kappa shape index (κ3) is 4.62. The van der Waals surface area contributed by atoms with E-state index >= 15 is 0 Å². The second kappa shape index (κ2) is 6.08. The first-order chi connectivity index (χ1) is 7.09. The van der Waals surface area contributed by atoms with Crippen molar-refractivity contribution in [3.05, 3.63) is 28.5 Å². The van der Waals surface area contributed by atoms with Gasteiger partial charge >= 0.3 is 0 Å². The molecule has 84 valence electrons. The summed E-state index contributed by atoms with van der Waals surface area (Å²) in [7, 11) is 4.03. The van der Waals surface area contributed by atoms with Crippen LogP contribution in [0.4, 0.5) is 4.39 Å². The van der Waals surface area contributed by atoms with Gasteiger partial charge in [-0.3, -0.25) is 0 Å². The highest BCUT2D eigenvalue weighted by Gasteiger charge is 2.01. The average molecular weight is 276 g/mol. The van der Waals surface area contributed by atoms with Gasteiger partial charge in [-0.05, 0) is 48.6 Å². The highest BCUT2D eigenvalue weighted by molar-refractivity contribution is 9.10. The number of halogens is 2. The molecule has 0 saturated carbocycles. The molecule has 0 heterocycles. The van der Waals surface area contributed by atoms with Gasteiger partial charge in [0.15, 0.2) is 0 Å². The van der Waals surface area contributed by atoms with Gasteiger partial charge in [0.1, 0.15) is 11.6 Å². The maximum Gasteiger partial charge on any atom is 0.141 e. The lowest BCUT2D eigenvalue weighted by atomic mass is 10.3. The van der Waals surface area contributed by atoms with Crippen LogP contribution in [0.1, 0.15) is 6.42 Å². The summed E-state index contributed by atoms with van der Waals surface area (Å²) in [6.07, 6.45) is 0.935. The van der Waals surface area contributed by atoms with Crippen molar-refractivity contribution in [2.45, 2.75) is 6.42 Å². The van der Waals surface area contributed by atoms with Crippen LogP contribution in [-0.4, -0.2) is 32.1 Å². The Bertz CT molecular complexity index is 317. The molecule has 0 radical (unpaired) electrons. The smallest absolute Gasteiger partial charge is 0.141 e. The third-order valence-corrected chi connectivity index (χ3v) is 2.55. The molecule has 0 aromatic heterocycles. The lowest BCUT2D eigenvalue weighted by molar-refractivity contribution is 0.280. The van der Waals surface area contributed by atoms with Gasteiger partial charge in [-0.1, -0.05) is 0 Å². The summed E-state index contributed by atoms with van der Waals surface area (Å²) in [6.45, 7) is 1.58. The van der Waals surface area contributed by atoms with E-state index < -0.39 is 0 Å². The van der Waals surface area contributed by atoms with Crippen LogP contribution in [0.15, 0.2) is 22.7 Å². The number of nitrogens with zero attached hydrogens (tertiary/aromatic N) is 1. The fraction of sp³-hybridized carbons (Fsp3) is 0.455. The predicted molar refractivity (Wildman–Crippen MR) is 62.8 cm³/mol. The molecule has 0 amide bonds.